The number of halogens is 1. The monoisotopic (exact) mass is 278 g/mol. The predicted molar refractivity (Wildman–Crippen MR) is 77.6 cm³/mol. The second-order valence-electron chi connectivity index (χ2n) is 5.03. The minimum atomic E-state index is 0. The molecule has 0 N–H and O–H groups in total. The van der Waals surface area contributed by atoms with Crippen LogP contribution in [-0.4, -0.2) is 25.6 Å². The topological polar surface area (TPSA) is 18.8 Å². The van der Waals surface area contributed by atoms with E-state index in [9.17, 15) is 0 Å². The minimum Gasteiger partial charge on any atom is -1.00 e. The molecule has 3 nitrogen and oxygen atoms in total. The van der Waals surface area contributed by atoms with Crippen LogP contribution in [0.4, 0.5) is 11.4 Å². The molecule has 0 fully saturated rings. The van der Waals surface area contributed by atoms with Crippen LogP contribution in [0.15, 0.2) is 29.3 Å². The van der Waals surface area contributed by atoms with Gasteiger partial charge in [-0.1, -0.05) is 38.3 Å². The van der Waals surface area contributed by atoms with Crippen LogP contribution in [0.25, 0.3) is 0 Å². The van der Waals surface area contributed by atoms with Crippen molar-refractivity contribution in [3.05, 3.63) is 24.3 Å². The van der Waals surface area contributed by atoms with Crippen molar-refractivity contribution in [1.29, 1.82) is 0 Å². The van der Waals surface area contributed by atoms with Crippen molar-refractivity contribution in [2.75, 3.05) is 29.4 Å². The van der Waals surface area contributed by atoms with Crippen LogP contribution in [0.1, 0.15) is 32.6 Å². The highest BCUT2D eigenvalue weighted by atomic mass is 35.5. The maximum Gasteiger partial charge on any atom is 0.205 e. The number of guanidine groups is 1. The molecule has 4 heteroatoms. The number of hydrogen-bond donors (Lipinski definition) is 0. The van der Waals surface area contributed by atoms with Crippen molar-refractivity contribution in [3.8, 4) is 0 Å². The number of anilines is 2. The van der Waals surface area contributed by atoms with Crippen molar-refractivity contribution < 1.29 is 12.4 Å². The van der Waals surface area contributed by atoms with Crippen LogP contribution >= 0.6 is 0 Å². The summed E-state index contributed by atoms with van der Waals surface area (Å²) >= 11 is 0. The molecular weight excluding hydrogens is 258 g/mol. The SMILES string of the molecule is CCCCCCN1C2=NCCN2c2ccccc21.[Cl-]. The van der Waals surface area contributed by atoms with Gasteiger partial charge in [-0.05, 0) is 18.6 Å². The summed E-state index contributed by atoms with van der Waals surface area (Å²) in [6.45, 7) is 5.34. The minimum absolute atomic E-state index is 0. The van der Waals surface area contributed by atoms with Gasteiger partial charge in [0.25, 0.3) is 0 Å². The van der Waals surface area contributed by atoms with Crippen molar-refractivity contribution >= 4 is 17.3 Å². The van der Waals surface area contributed by atoms with E-state index in [4.69, 9.17) is 0 Å². The Bertz CT molecular complexity index is 458. The second kappa shape index (κ2) is 6.29. The zero-order valence-electron chi connectivity index (χ0n) is 11.5. The number of benzene rings is 1. The Morgan fingerprint density at radius 2 is 1.89 bits per heavy atom. The first-order chi connectivity index (χ1) is 8.92. The normalized spacial score (nSPS) is 15.9. The van der Waals surface area contributed by atoms with E-state index >= 15 is 0 Å². The molecule has 2 aliphatic heterocycles. The maximum absolute atomic E-state index is 4.66. The van der Waals surface area contributed by atoms with Crippen molar-refractivity contribution in [2.45, 2.75) is 32.6 Å². The largest absolute Gasteiger partial charge is 1.00 e. The lowest BCUT2D eigenvalue weighted by atomic mass is 10.2. The summed E-state index contributed by atoms with van der Waals surface area (Å²) in [5.41, 5.74) is 2.68. The lowest BCUT2D eigenvalue weighted by Gasteiger charge is -2.19. The fraction of sp³-hybridized carbons (Fsp3) is 0.533. The summed E-state index contributed by atoms with van der Waals surface area (Å²) in [5, 5.41) is 0. The highest BCUT2D eigenvalue weighted by Gasteiger charge is 2.34. The highest BCUT2D eigenvalue weighted by molar-refractivity contribution is 6.17. The van der Waals surface area contributed by atoms with E-state index in [0.717, 1.165) is 19.6 Å². The number of fused-ring (bicyclic) bond motifs is 3. The Morgan fingerprint density at radius 3 is 2.68 bits per heavy atom. The number of para-hydroxylation sites is 2. The third kappa shape index (κ3) is 2.57. The molecule has 0 atom stereocenters. The van der Waals surface area contributed by atoms with Crippen LogP contribution in [0, 0.1) is 0 Å². The summed E-state index contributed by atoms with van der Waals surface area (Å²) in [4.78, 5) is 9.42. The Morgan fingerprint density at radius 1 is 1.11 bits per heavy atom. The molecule has 0 aromatic heterocycles. The standard InChI is InChI=1S/C15H21N3.ClH/c1-2-3-4-7-11-17-13-8-5-6-9-14(13)18-12-10-16-15(17)18;/h5-6,8-9H,2-4,7,10-12H2,1H3;1H/p-1. The van der Waals surface area contributed by atoms with Crippen LogP contribution < -0.4 is 22.2 Å². The molecule has 0 saturated heterocycles. The van der Waals surface area contributed by atoms with E-state index in [2.05, 4.69) is 46.0 Å². The first-order valence-corrected chi connectivity index (χ1v) is 7.10. The Labute approximate surface area is 121 Å². The summed E-state index contributed by atoms with van der Waals surface area (Å²) in [6.07, 6.45) is 5.22. The number of rotatable bonds is 5. The maximum atomic E-state index is 4.66. The van der Waals surface area contributed by atoms with Crippen LogP contribution in [0.5, 0.6) is 0 Å². The lowest BCUT2D eigenvalue weighted by Crippen LogP contribution is -3.00. The molecule has 19 heavy (non-hydrogen) atoms. The van der Waals surface area contributed by atoms with E-state index in [1.807, 2.05) is 0 Å². The molecule has 0 bridgehead atoms. The van der Waals surface area contributed by atoms with Gasteiger partial charge in [0.2, 0.25) is 5.96 Å². The summed E-state index contributed by atoms with van der Waals surface area (Å²) in [7, 11) is 0. The Hall–Kier alpha value is -1.22. The molecule has 104 valence electrons. The smallest absolute Gasteiger partial charge is 0.205 e. The van der Waals surface area contributed by atoms with E-state index in [0.29, 0.717) is 0 Å². The molecule has 1 aromatic rings. The van der Waals surface area contributed by atoms with E-state index in [1.54, 1.807) is 0 Å². The molecule has 1 aromatic carbocycles. The molecule has 0 amide bonds. The number of nitrogens with zero attached hydrogens (tertiary/aromatic N) is 3. The van der Waals surface area contributed by atoms with Gasteiger partial charge >= 0.3 is 0 Å². The molecule has 0 unspecified atom stereocenters. The van der Waals surface area contributed by atoms with Gasteiger partial charge < -0.3 is 22.2 Å². The van der Waals surface area contributed by atoms with Crippen molar-refractivity contribution in [3.63, 3.8) is 0 Å². The van der Waals surface area contributed by atoms with E-state index in [1.165, 1.54) is 43.0 Å². The average molecular weight is 279 g/mol. The van der Waals surface area contributed by atoms with E-state index < -0.39 is 0 Å². The summed E-state index contributed by atoms with van der Waals surface area (Å²) < 4.78 is 0. The fourth-order valence-corrected chi connectivity index (χ4v) is 2.84. The van der Waals surface area contributed by atoms with Gasteiger partial charge in [-0.2, -0.15) is 0 Å². The van der Waals surface area contributed by atoms with Crippen molar-refractivity contribution in [2.24, 2.45) is 4.99 Å². The zero-order chi connectivity index (χ0) is 12.4. The molecular formula is C15H21ClN3-. The highest BCUT2D eigenvalue weighted by Crippen LogP contribution is 2.38. The van der Waals surface area contributed by atoms with Gasteiger partial charge in [-0.25, -0.2) is 0 Å². The lowest BCUT2D eigenvalue weighted by molar-refractivity contribution is -0.00000367. The first kappa shape index (κ1) is 14.2. The van der Waals surface area contributed by atoms with Crippen LogP contribution in [-0.2, 0) is 0 Å². The van der Waals surface area contributed by atoms with Crippen LogP contribution in [0.2, 0.25) is 0 Å². The quantitative estimate of drug-likeness (QED) is 0.720. The third-order valence-electron chi connectivity index (χ3n) is 3.76. The van der Waals surface area contributed by atoms with Crippen molar-refractivity contribution in [1.82, 2.24) is 0 Å². The fourth-order valence-electron chi connectivity index (χ4n) is 2.84. The molecule has 2 heterocycles. The number of aliphatic imine (C=N–C) groups is 1. The third-order valence-corrected chi connectivity index (χ3v) is 3.76. The van der Waals surface area contributed by atoms with Gasteiger partial charge in [0.1, 0.15) is 0 Å². The van der Waals surface area contributed by atoms with Gasteiger partial charge in [-0.15, -0.1) is 0 Å². The van der Waals surface area contributed by atoms with Crippen LogP contribution in [0.3, 0.4) is 0 Å². The average Bonchev–Trinajstić information content (AvgIpc) is 2.97. The zero-order valence-corrected chi connectivity index (χ0v) is 12.2. The predicted octanol–water partition coefficient (Wildman–Crippen LogP) is 0.267. The van der Waals surface area contributed by atoms with Gasteiger partial charge in [0.05, 0.1) is 17.9 Å². The van der Waals surface area contributed by atoms with Gasteiger partial charge in [-0.3, -0.25) is 4.99 Å². The first-order valence-electron chi connectivity index (χ1n) is 7.10. The molecule has 3 rings (SSSR count). The van der Waals surface area contributed by atoms with Gasteiger partial charge in [0, 0.05) is 13.1 Å². The molecule has 0 spiro atoms. The Balaban J connectivity index is 0.00000133. The number of hydrogen-bond acceptors (Lipinski definition) is 3. The molecule has 0 aliphatic carbocycles. The molecule has 2 aliphatic rings. The molecule has 0 radical (unpaired) electrons. The van der Waals surface area contributed by atoms with E-state index in [-0.39, 0.29) is 12.4 Å². The second-order valence-corrected chi connectivity index (χ2v) is 5.03. The molecule has 0 saturated carbocycles. The summed E-state index contributed by atoms with van der Waals surface area (Å²) in [5.74, 6) is 1.17. The van der Waals surface area contributed by atoms with Gasteiger partial charge in [0.15, 0.2) is 0 Å². The number of unbranched alkanes of at least 4 members (excludes halogenated alkanes) is 3. The Kier molecular flexibility index (Phi) is 4.70. The summed E-state index contributed by atoms with van der Waals surface area (Å²) in [6, 6.07) is 8.67.